The molecule has 4 nitrogen and oxygen atoms in total. The van der Waals surface area contributed by atoms with Crippen molar-refractivity contribution in [1.82, 2.24) is 14.9 Å². The van der Waals surface area contributed by atoms with Gasteiger partial charge in [-0.1, -0.05) is 73.7 Å². The van der Waals surface area contributed by atoms with Crippen LogP contribution in [0.4, 0.5) is 0 Å². The lowest BCUT2D eigenvalue weighted by Gasteiger charge is -2.12. The first-order valence-corrected chi connectivity index (χ1v) is 9.98. The van der Waals surface area contributed by atoms with Crippen molar-refractivity contribution >= 4 is 16.9 Å². The minimum atomic E-state index is 0.0790. The van der Waals surface area contributed by atoms with Crippen molar-refractivity contribution in [3.8, 4) is 0 Å². The van der Waals surface area contributed by atoms with E-state index in [-0.39, 0.29) is 11.8 Å². The van der Waals surface area contributed by atoms with Gasteiger partial charge in [0.05, 0.1) is 17.4 Å². The molecule has 1 atom stereocenters. The first-order chi connectivity index (χ1) is 14.2. The van der Waals surface area contributed by atoms with Crippen molar-refractivity contribution < 1.29 is 4.79 Å². The summed E-state index contributed by atoms with van der Waals surface area (Å²) in [5, 5.41) is 3.03. The zero-order chi connectivity index (χ0) is 20.1. The highest BCUT2D eigenvalue weighted by Crippen LogP contribution is 2.18. The van der Waals surface area contributed by atoms with Gasteiger partial charge in [0.1, 0.15) is 0 Å². The number of para-hydroxylation sites is 2. The van der Waals surface area contributed by atoms with Crippen LogP contribution in [-0.2, 0) is 17.9 Å². The van der Waals surface area contributed by atoms with E-state index in [1.54, 1.807) is 0 Å². The van der Waals surface area contributed by atoms with E-state index in [4.69, 9.17) is 0 Å². The van der Waals surface area contributed by atoms with Crippen LogP contribution in [0.15, 0.2) is 85.2 Å². The van der Waals surface area contributed by atoms with Crippen LogP contribution in [0.1, 0.15) is 36.0 Å². The number of fused-ring (bicyclic) bond motifs is 1. The molecule has 0 saturated carbocycles. The Balaban J connectivity index is 1.31. The molecular formula is C25H25N3O. The Morgan fingerprint density at radius 2 is 1.62 bits per heavy atom. The molecule has 0 fully saturated rings. The number of aromatic nitrogens is 2. The Morgan fingerprint density at radius 1 is 0.931 bits per heavy atom. The summed E-state index contributed by atoms with van der Waals surface area (Å²) in [5.74, 6) is 0.291. The van der Waals surface area contributed by atoms with Crippen LogP contribution in [0.5, 0.6) is 0 Å². The van der Waals surface area contributed by atoms with E-state index in [1.807, 2.05) is 42.7 Å². The number of nitrogens with one attached hydrogen (secondary N) is 1. The maximum absolute atomic E-state index is 12.3. The predicted molar refractivity (Wildman–Crippen MR) is 117 cm³/mol. The molecule has 3 aromatic carbocycles. The molecule has 1 N–H and O–H groups in total. The highest BCUT2D eigenvalue weighted by molar-refractivity contribution is 5.77. The normalized spacial score (nSPS) is 12.0. The highest BCUT2D eigenvalue weighted by atomic mass is 16.1. The molecule has 0 aliphatic carbocycles. The SMILES string of the molecule is CC(CC(=O)NCc1ccc(Cn2cnc3ccccc32)cc1)c1ccccc1. The lowest BCUT2D eigenvalue weighted by atomic mass is 9.97. The second-order valence-corrected chi connectivity index (χ2v) is 7.47. The Bertz CT molecular complexity index is 1080. The lowest BCUT2D eigenvalue weighted by Crippen LogP contribution is -2.24. The van der Waals surface area contributed by atoms with Crippen molar-refractivity contribution in [2.24, 2.45) is 0 Å². The number of hydrogen-bond donors (Lipinski definition) is 1. The molecule has 0 aliphatic rings. The Kier molecular flexibility index (Phi) is 5.71. The highest BCUT2D eigenvalue weighted by Gasteiger charge is 2.10. The molecule has 1 aromatic heterocycles. The monoisotopic (exact) mass is 383 g/mol. The van der Waals surface area contributed by atoms with Crippen molar-refractivity contribution in [1.29, 1.82) is 0 Å². The van der Waals surface area contributed by atoms with E-state index < -0.39 is 0 Å². The van der Waals surface area contributed by atoms with Gasteiger partial charge in [0.2, 0.25) is 5.91 Å². The fourth-order valence-electron chi connectivity index (χ4n) is 3.55. The molecule has 1 heterocycles. The van der Waals surface area contributed by atoms with Gasteiger partial charge in [0.15, 0.2) is 0 Å². The molecule has 1 unspecified atom stereocenters. The zero-order valence-electron chi connectivity index (χ0n) is 16.6. The minimum Gasteiger partial charge on any atom is -0.352 e. The van der Waals surface area contributed by atoms with Crippen LogP contribution in [0.25, 0.3) is 11.0 Å². The third-order valence-electron chi connectivity index (χ3n) is 5.25. The summed E-state index contributed by atoms with van der Waals surface area (Å²) in [6.45, 7) is 3.42. The first-order valence-electron chi connectivity index (χ1n) is 9.98. The number of carbonyl (C=O) groups excluding carboxylic acids is 1. The van der Waals surface area contributed by atoms with E-state index in [0.717, 1.165) is 23.1 Å². The van der Waals surface area contributed by atoms with Crippen LogP contribution in [0.3, 0.4) is 0 Å². The summed E-state index contributed by atoms with van der Waals surface area (Å²) < 4.78 is 2.15. The van der Waals surface area contributed by atoms with Crippen LogP contribution >= 0.6 is 0 Å². The van der Waals surface area contributed by atoms with Crippen molar-refractivity contribution in [2.75, 3.05) is 0 Å². The number of imidazole rings is 1. The molecule has 4 aromatic rings. The maximum atomic E-state index is 12.3. The fraction of sp³-hybridized carbons (Fsp3) is 0.200. The maximum Gasteiger partial charge on any atom is 0.220 e. The minimum absolute atomic E-state index is 0.0790. The van der Waals surface area contributed by atoms with E-state index in [9.17, 15) is 4.79 Å². The number of carbonyl (C=O) groups is 1. The second kappa shape index (κ2) is 8.74. The molecule has 0 spiro atoms. The predicted octanol–water partition coefficient (Wildman–Crippen LogP) is 4.89. The summed E-state index contributed by atoms with van der Waals surface area (Å²) in [5.41, 5.74) is 5.65. The summed E-state index contributed by atoms with van der Waals surface area (Å²) in [7, 11) is 0. The van der Waals surface area contributed by atoms with Crippen LogP contribution in [-0.4, -0.2) is 15.5 Å². The van der Waals surface area contributed by atoms with Gasteiger partial charge in [0, 0.05) is 19.5 Å². The zero-order valence-corrected chi connectivity index (χ0v) is 16.6. The van der Waals surface area contributed by atoms with E-state index in [2.05, 4.69) is 64.3 Å². The standard InChI is InChI=1S/C25H25N3O/c1-19(22-7-3-2-4-8-22)15-25(29)26-16-20-11-13-21(14-12-20)17-28-18-27-23-9-5-6-10-24(23)28/h2-14,18-19H,15-17H2,1H3,(H,26,29). The van der Waals surface area contributed by atoms with Crippen LogP contribution in [0, 0.1) is 0 Å². The molecule has 4 rings (SSSR count). The number of rotatable bonds is 7. The van der Waals surface area contributed by atoms with Gasteiger partial charge in [-0.25, -0.2) is 4.98 Å². The first kappa shape index (κ1) is 18.9. The largest absolute Gasteiger partial charge is 0.352 e. The smallest absolute Gasteiger partial charge is 0.220 e. The number of benzene rings is 3. The van der Waals surface area contributed by atoms with Gasteiger partial charge in [0.25, 0.3) is 0 Å². The van der Waals surface area contributed by atoms with Crippen molar-refractivity contribution in [2.45, 2.75) is 32.4 Å². The van der Waals surface area contributed by atoms with Gasteiger partial charge >= 0.3 is 0 Å². The van der Waals surface area contributed by atoms with Crippen LogP contribution in [0.2, 0.25) is 0 Å². The van der Waals surface area contributed by atoms with Gasteiger partial charge in [-0.15, -0.1) is 0 Å². The second-order valence-electron chi connectivity index (χ2n) is 7.47. The lowest BCUT2D eigenvalue weighted by molar-refractivity contribution is -0.121. The van der Waals surface area contributed by atoms with Gasteiger partial charge in [-0.05, 0) is 34.7 Å². The molecular weight excluding hydrogens is 358 g/mol. The number of hydrogen-bond acceptors (Lipinski definition) is 2. The summed E-state index contributed by atoms with van der Waals surface area (Å²) in [6.07, 6.45) is 2.38. The topological polar surface area (TPSA) is 46.9 Å². The third-order valence-corrected chi connectivity index (χ3v) is 5.25. The van der Waals surface area contributed by atoms with Gasteiger partial charge < -0.3 is 9.88 Å². The Hall–Kier alpha value is -3.40. The quantitative estimate of drug-likeness (QED) is 0.494. The number of amides is 1. The van der Waals surface area contributed by atoms with Crippen molar-refractivity contribution in [3.63, 3.8) is 0 Å². The Morgan fingerprint density at radius 3 is 2.41 bits per heavy atom. The molecule has 0 saturated heterocycles. The van der Waals surface area contributed by atoms with Gasteiger partial charge in [-0.2, -0.15) is 0 Å². The summed E-state index contributed by atoms with van der Waals surface area (Å²) in [4.78, 5) is 16.7. The molecule has 146 valence electrons. The van der Waals surface area contributed by atoms with E-state index in [0.29, 0.717) is 13.0 Å². The average molecular weight is 383 g/mol. The molecule has 4 heteroatoms. The fourth-order valence-corrected chi connectivity index (χ4v) is 3.55. The Labute approximate surface area is 171 Å². The molecule has 0 bridgehead atoms. The number of nitrogens with zero attached hydrogens (tertiary/aromatic N) is 2. The molecule has 0 radical (unpaired) electrons. The molecule has 29 heavy (non-hydrogen) atoms. The van der Waals surface area contributed by atoms with E-state index >= 15 is 0 Å². The molecule has 1 amide bonds. The average Bonchev–Trinajstić information content (AvgIpc) is 3.17. The van der Waals surface area contributed by atoms with Gasteiger partial charge in [-0.3, -0.25) is 4.79 Å². The summed E-state index contributed by atoms with van der Waals surface area (Å²) in [6, 6.07) is 26.7. The van der Waals surface area contributed by atoms with Crippen molar-refractivity contribution in [3.05, 3.63) is 102 Å². The third kappa shape index (κ3) is 4.72. The van der Waals surface area contributed by atoms with E-state index in [1.165, 1.54) is 11.1 Å². The molecule has 0 aliphatic heterocycles. The summed E-state index contributed by atoms with van der Waals surface area (Å²) >= 11 is 0. The van der Waals surface area contributed by atoms with Crippen LogP contribution < -0.4 is 5.32 Å².